The SMILES string of the molecule is CC/C=C\C/C=C\C/C=C\C/C=C\C/C=C\C/C=C\C/C=C\C/C=C\C/C=C\CCCCCCCCCC(=O)OC(CO)COC(=O)CCCCCCCCCCCCCCCCCCCCCCCCCCCCCCCCCCCC. The Morgan fingerprint density at radius 3 is 0.783 bits per heavy atom. The van der Waals surface area contributed by atoms with E-state index in [9.17, 15) is 14.7 Å². The molecule has 1 N–H and O–H groups in total. The number of hydrogen-bond donors (Lipinski definition) is 1. The van der Waals surface area contributed by atoms with Crippen LogP contribution in [-0.2, 0) is 19.1 Å². The molecule has 0 amide bonds. The van der Waals surface area contributed by atoms with Gasteiger partial charge >= 0.3 is 11.9 Å². The fraction of sp³-hybridized carbons (Fsp3) is 0.744. The van der Waals surface area contributed by atoms with Gasteiger partial charge < -0.3 is 14.6 Å². The summed E-state index contributed by atoms with van der Waals surface area (Å²) >= 11 is 0. The van der Waals surface area contributed by atoms with Crippen molar-refractivity contribution in [3.8, 4) is 0 Å². The van der Waals surface area contributed by atoms with Crippen LogP contribution in [-0.4, -0.2) is 36.4 Å². The normalized spacial score (nSPS) is 12.9. The number of unbranched alkanes of at least 4 members (excludes halogenated alkanes) is 40. The maximum Gasteiger partial charge on any atom is 0.306 e. The van der Waals surface area contributed by atoms with Crippen LogP contribution in [0.25, 0.3) is 0 Å². The number of aliphatic hydroxyl groups excluding tert-OH is 1. The fourth-order valence-electron chi connectivity index (χ4n) is 10.5. The summed E-state index contributed by atoms with van der Waals surface area (Å²) in [5.74, 6) is -0.594. The summed E-state index contributed by atoms with van der Waals surface area (Å²) in [5, 5.41) is 9.71. The summed E-state index contributed by atoms with van der Waals surface area (Å²) < 4.78 is 10.8. The monoisotopic (exact) mass is 1150 g/mol. The number of allylic oxidation sites excluding steroid dienone is 18. The molecule has 0 bridgehead atoms. The molecule has 0 heterocycles. The molecule has 0 spiro atoms. The number of rotatable bonds is 66. The van der Waals surface area contributed by atoms with Crippen LogP contribution in [0.4, 0.5) is 0 Å². The Morgan fingerprint density at radius 1 is 0.289 bits per heavy atom. The number of hydrogen-bond acceptors (Lipinski definition) is 5. The number of carbonyl (C=O) groups excluding carboxylic acids is 2. The first-order chi connectivity index (χ1) is 41.1. The van der Waals surface area contributed by atoms with Crippen molar-refractivity contribution in [2.45, 2.75) is 360 Å². The van der Waals surface area contributed by atoms with Crippen LogP contribution in [0.1, 0.15) is 354 Å². The maximum absolute atomic E-state index is 12.4. The molecule has 0 aliphatic heterocycles. The van der Waals surface area contributed by atoms with Gasteiger partial charge in [-0.1, -0.05) is 367 Å². The van der Waals surface area contributed by atoms with Gasteiger partial charge in [-0.2, -0.15) is 0 Å². The lowest BCUT2D eigenvalue weighted by molar-refractivity contribution is -0.161. The van der Waals surface area contributed by atoms with E-state index < -0.39 is 6.10 Å². The smallest absolute Gasteiger partial charge is 0.306 e. The van der Waals surface area contributed by atoms with E-state index in [4.69, 9.17) is 9.47 Å². The lowest BCUT2D eigenvalue weighted by Gasteiger charge is -2.15. The van der Waals surface area contributed by atoms with Crippen molar-refractivity contribution in [1.29, 1.82) is 0 Å². The van der Waals surface area contributed by atoms with E-state index in [2.05, 4.69) is 123 Å². The van der Waals surface area contributed by atoms with Crippen molar-refractivity contribution in [2.24, 2.45) is 0 Å². The Kier molecular flexibility index (Phi) is 69.8. The summed E-state index contributed by atoms with van der Waals surface area (Å²) in [6, 6.07) is 0. The van der Waals surface area contributed by atoms with E-state index in [0.717, 1.165) is 103 Å². The Morgan fingerprint density at radius 2 is 0.518 bits per heavy atom. The highest BCUT2D eigenvalue weighted by atomic mass is 16.6. The average molecular weight is 1150 g/mol. The topological polar surface area (TPSA) is 72.8 Å². The zero-order valence-electron chi connectivity index (χ0n) is 54.9. The molecule has 0 saturated carbocycles. The highest BCUT2D eigenvalue weighted by molar-refractivity contribution is 5.70. The van der Waals surface area contributed by atoms with Gasteiger partial charge in [0, 0.05) is 12.8 Å². The lowest BCUT2D eigenvalue weighted by Crippen LogP contribution is -2.28. The number of aliphatic hydroxyl groups is 1. The van der Waals surface area contributed by atoms with Crippen molar-refractivity contribution in [1.82, 2.24) is 0 Å². The second kappa shape index (κ2) is 72.8. The van der Waals surface area contributed by atoms with Gasteiger partial charge in [-0.05, 0) is 83.5 Å². The first kappa shape index (κ1) is 79.6. The Labute approximate surface area is 516 Å². The van der Waals surface area contributed by atoms with E-state index in [1.807, 2.05) is 0 Å². The first-order valence-corrected chi connectivity index (χ1v) is 35.9. The molecule has 5 nitrogen and oxygen atoms in total. The third kappa shape index (κ3) is 71.0. The van der Waals surface area contributed by atoms with Crippen molar-refractivity contribution in [3.05, 3.63) is 109 Å². The van der Waals surface area contributed by atoms with Gasteiger partial charge in [0.05, 0.1) is 6.61 Å². The highest BCUT2D eigenvalue weighted by Crippen LogP contribution is 2.18. The van der Waals surface area contributed by atoms with Crippen LogP contribution in [0.3, 0.4) is 0 Å². The molecule has 478 valence electrons. The predicted octanol–water partition coefficient (Wildman–Crippen LogP) is 25.2. The molecule has 83 heavy (non-hydrogen) atoms. The maximum atomic E-state index is 12.4. The number of ether oxygens (including phenoxy) is 2. The van der Waals surface area contributed by atoms with Gasteiger partial charge in [-0.25, -0.2) is 0 Å². The molecule has 0 aromatic carbocycles. The molecule has 1 unspecified atom stereocenters. The van der Waals surface area contributed by atoms with Crippen LogP contribution >= 0.6 is 0 Å². The molecule has 5 heteroatoms. The number of esters is 2. The van der Waals surface area contributed by atoms with Crippen LogP contribution in [0.2, 0.25) is 0 Å². The summed E-state index contributed by atoms with van der Waals surface area (Å²) in [6.45, 7) is 4.06. The average Bonchev–Trinajstić information content (AvgIpc) is 3.49. The molecular formula is C78H136O5. The highest BCUT2D eigenvalue weighted by Gasteiger charge is 2.16. The van der Waals surface area contributed by atoms with Crippen molar-refractivity contribution in [2.75, 3.05) is 13.2 Å². The minimum atomic E-state index is -0.785. The van der Waals surface area contributed by atoms with Crippen LogP contribution in [0, 0.1) is 0 Å². The van der Waals surface area contributed by atoms with Crippen molar-refractivity contribution in [3.63, 3.8) is 0 Å². The Bertz CT molecular complexity index is 1590. The largest absolute Gasteiger partial charge is 0.462 e. The molecule has 0 rings (SSSR count). The van der Waals surface area contributed by atoms with E-state index >= 15 is 0 Å². The Balaban J connectivity index is 3.49. The van der Waals surface area contributed by atoms with E-state index in [1.54, 1.807) is 0 Å². The summed E-state index contributed by atoms with van der Waals surface area (Å²) in [5.41, 5.74) is 0. The summed E-state index contributed by atoms with van der Waals surface area (Å²) in [6.07, 6.45) is 106. The van der Waals surface area contributed by atoms with E-state index in [1.165, 1.54) is 225 Å². The molecule has 0 aromatic rings. The quantitative estimate of drug-likeness (QED) is 0.0373. The van der Waals surface area contributed by atoms with Gasteiger partial charge in [0.15, 0.2) is 6.10 Å². The lowest BCUT2D eigenvalue weighted by atomic mass is 10.0. The molecule has 0 aliphatic rings. The molecule has 0 fully saturated rings. The fourth-order valence-corrected chi connectivity index (χ4v) is 10.5. The van der Waals surface area contributed by atoms with Gasteiger partial charge in [-0.15, -0.1) is 0 Å². The minimum Gasteiger partial charge on any atom is -0.462 e. The molecule has 0 aliphatic carbocycles. The zero-order chi connectivity index (χ0) is 59.8. The molecule has 0 aromatic heterocycles. The van der Waals surface area contributed by atoms with Gasteiger partial charge in [0.2, 0.25) is 0 Å². The summed E-state index contributed by atoms with van der Waals surface area (Å²) in [4.78, 5) is 24.7. The van der Waals surface area contributed by atoms with Gasteiger partial charge in [0.1, 0.15) is 6.61 Å². The first-order valence-electron chi connectivity index (χ1n) is 35.9. The van der Waals surface area contributed by atoms with E-state index in [0.29, 0.717) is 12.8 Å². The third-order valence-corrected chi connectivity index (χ3v) is 15.8. The molecule has 0 saturated heterocycles. The number of carbonyl (C=O) groups is 2. The Hall–Kier alpha value is -3.44. The third-order valence-electron chi connectivity index (χ3n) is 15.8. The van der Waals surface area contributed by atoms with Crippen LogP contribution in [0.15, 0.2) is 109 Å². The molecule has 1 atom stereocenters. The van der Waals surface area contributed by atoms with Crippen LogP contribution in [0.5, 0.6) is 0 Å². The second-order valence-electron chi connectivity index (χ2n) is 23.9. The minimum absolute atomic E-state index is 0.0724. The zero-order valence-corrected chi connectivity index (χ0v) is 54.9. The van der Waals surface area contributed by atoms with Crippen LogP contribution < -0.4 is 0 Å². The van der Waals surface area contributed by atoms with E-state index in [-0.39, 0.29) is 25.2 Å². The van der Waals surface area contributed by atoms with Crippen molar-refractivity contribution >= 4 is 11.9 Å². The van der Waals surface area contributed by atoms with Crippen molar-refractivity contribution < 1.29 is 24.2 Å². The second-order valence-corrected chi connectivity index (χ2v) is 23.9. The van der Waals surface area contributed by atoms with Gasteiger partial charge in [-0.3, -0.25) is 9.59 Å². The standard InChI is InChI=1S/C78H136O5/c1-3-5-7-9-11-13-15-17-19-21-23-25-27-29-31-33-35-37-39-41-43-45-47-49-51-53-55-57-59-61-63-65-67-69-71-73-78(81)83-76(74-79)75-82-77(80)72-70-68-66-64-62-60-58-56-54-52-50-48-46-44-42-40-38-36-34-32-30-28-26-24-22-20-18-16-14-12-10-8-6-4-2/h5,7,11,13,17,19,23,25,29,31,35,37,41,43,47,49,53,55,76,79H,3-4,6,8-10,12,14-16,18,20-22,24,26-28,30,32-34,36,38-40,42,44-46,48,50-52,54,56-75H2,1-2H3/b7-5-,13-11-,19-17-,25-23-,31-29-,37-35-,43-41-,49-47-,55-53-. The predicted molar refractivity (Wildman–Crippen MR) is 366 cm³/mol. The molecular weight excluding hydrogens is 1020 g/mol. The molecule has 0 radical (unpaired) electrons. The van der Waals surface area contributed by atoms with Gasteiger partial charge in [0.25, 0.3) is 0 Å². The summed E-state index contributed by atoms with van der Waals surface area (Å²) in [7, 11) is 0.